The zero-order valence-corrected chi connectivity index (χ0v) is 15.2. The highest BCUT2D eigenvalue weighted by Gasteiger charge is 2.03. The van der Waals surface area contributed by atoms with Crippen LogP contribution in [-0.2, 0) is 0 Å². The minimum Gasteiger partial charge on any atom is -0.497 e. The lowest BCUT2D eigenvalue weighted by Crippen LogP contribution is -1.87. The summed E-state index contributed by atoms with van der Waals surface area (Å²) in [6, 6.07) is 19.9. The quantitative estimate of drug-likeness (QED) is 0.539. The molecule has 5 heteroatoms. The van der Waals surface area contributed by atoms with E-state index in [1.165, 1.54) is 7.05 Å². The molecule has 1 heterocycles. The van der Waals surface area contributed by atoms with Crippen molar-refractivity contribution in [3.05, 3.63) is 71.8 Å². The van der Waals surface area contributed by atoms with Crippen LogP contribution in [0, 0.1) is 0 Å². The van der Waals surface area contributed by atoms with Crippen LogP contribution in [0.4, 0.5) is 0 Å². The van der Waals surface area contributed by atoms with E-state index < -0.39 is 0 Å². The number of benzene rings is 2. The summed E-state index contributed by atoms with van der Waals surface area (Å²) >= 11 is 1.58. The summed E-state index contributed by atoms with van der Waals surface area (Å²) < 4.78 is 5.16. The summed E-state index contributed by atoms with van der Waals surface area (Å²) in [7, 11) is 3.16. The fourth-order valence-electron chi connectivity index (χ4n) is 2.17. The van der Waals surface area contributed by atoms with E-state index in [9.17, 15) is 0 Å². The first-order valence-corrected chi connectivity index (χ1v) is 8.59. The molecule has 0 fully saturated rings. The fraction of sp³-hybridized carbons (Fsp3) is 0.100. The maximum atomic E-state index is 5.16. The summed E-state index contributed by atoms with van der Waals surface area (Å²) in [6.07, 6.45) is 0. The largest absolute Gasteiger partial charge is 0.497 e. The Kier molecular flexibility index (Phi) is 7.19. The minimum atomic E-state index is 0.761. The molecule has 25 heavy (non-hydrogen) atoms. The van der Waals surface area contributed by atoms with Gasteiger partial charge in [-0.15, -0.1) is 0 Å². The van der Waals surface area contributed by atoms with Gasteiger partial charge < -0.3 is 10.5 Å². The van der Waals surface area contributed by atoms with Crippen molar-refractivity contribution in [3.63, 3.8) is 0 Å². The van der Waals surface area contributed by atoms with Crippen LogP contribution in [0.2, 0.25) is 0 Å². The average Bonchev–Trinajstić information content (AvgIpc) is 2.70. The van der Waals surface area contributed by atoms with Gasteiger partial charge in [0.1, 0.15) is 5.75 Å². The van der Waals surface area contributed by atoms with E-state index in [1.807, 2.05) is 60.0 Å². The molecule has 3 rings (SSSR count). The lowest BCUT2D eigenvalue weighted by molar-refractivity contribution is 0.414. The molecular weight excluding hydrogens is 330 g/mol. The highest BCUT2D eigenvalue weighted by molar-refractivity contribution is 8.02. The molecule has 0 aliphatic carbocycles. The Balaban J connectivity index is 0.00000109. The number of nitrogens with zero attached hydrogens (tertiary/aromatic N) is 2. The zero-order valence-electron chi connectivity index (χ0n) is 14.3. The fourth-order valence-corrected chi connectivity index (χ4v) is 2.90. The maximum absolute atomic E-state index is 5.16. The number of thioether (sulfide) groups is 1. The molecule has 2 N–H and O–H groups in total. The first kappa shape index (κ1) is 18.7. The number of nitrogens with two attached hydrogens (primary N) is 1. The number of ether oxygens (including phenoxy) is 1. The first-order valence-electron chi connectivity index (χ1n) is 7.71. The van der Waals surface area contributed by atoms with Crippen molar-refractivity contribution in [3.8, 4) is 5.75 Å². The van der Waals surface area contributed by atoms with Gasteiger partial charge in [-0.1, -0.05) is 36.0 Å². The van der Waals surface area contributed by atoms with E-state index in [-0.39, 0.29) is 0 Å². The Morgan fingerprint density at radius 3 is 2.48 bits per heavy atom. The number of rotatable bonds is 5. The average molecular weight is 351 g/mol. The van der Waals surface area contributed by atoms with E-state index in [0.717, 1.165) is 32.9 Å². The molecule has 1 aromatic heterocycles. The summed E-state index contributed by atoms with van der Waals surface area (Å²) in [6.45, 7) is 3.67. The molecule has 0 atom stereocenters. The molecule has 3 aromatic rings. The lowest BCUT2D eigenvalue weighted by atomic mass is 10.2. The summed E-state index contributed by atoms with van der Waals surface area (Å²) in [5, 5.41) is 3.08. The Labute approximate surface area is 152 Å². The second-order valence-corrected chi connectivity index (χ2v) is 5.79. The first-order chi connectivity index (χ1) is 12.3. The van der Waals surface area contributed by atoms with Crippen molar-refractivity contribution in [2.45, 2.75) is 4.90 Å². The number of para-hydroxylation sites is 1. The van der Waals surface area contributed by atoms with Crippen LogP contribution in [0.3, 0.4) is 0 Å². The number of aromatic nitrogens is 1. The number of pyridine rings is 1. The summed E-state index contributed by atoms with van der Waals surface area (Å²) in [5.41, 5.74) is 7.03. The van der Waals surface area contributed by atoms with Crippen molar-refractivity contribution in [1.82, 2.24) is 4.98 Å². The van der Waals surface area contributed by atoms with Gasteiger partial charge in [0.15, 0.2) is 0 Å². The molecular formula is C20H21N3OS. The monoisotopic (exact) mass is 351 g/mol. The third-order valence-electron chi connectivity index (χ3n) is 3.40. The summed E-state index contributed by atoms with van der Waals surface area (Å²) in [4.78, 5) is 9.87. The van der Waals surface area contributed by atoms with E-state index in [4.69, 9.17) is 4.74 Å². The highest BCUT2D eigenvalue weighted by atomic mass is 32.2. The molecule has 4 nitrogen and oxygen atoms in total. The Morgan fingerprint density at radius 1 is 1.08 bits per heavy atom. The normalized spacial score (nSPS) is 10.8. The predicted molar refractivity (Wildman–Crippen MR) is 108 cm³/mol. The maximum Gasteiger partial charge on any atom is 0.118 e. The van der Waals surface area contributed by atoms with Crippen LogP contribution >= 0.6 is 11.8 Å². The van der Waals surface area contributed by atoms with Gasteiger partial charge in [-0.05, 0) is 50.2 Å². The van der Waals surface area contributed by atoms with Crippen molar-refractivity contribution >= 4 is 35.1 Å². The molecule has 0 spiro atoms. The standard InChI is InChI=1S/C19H16N2OS.CH5N/c1-20-19(13-23-16-10-8-15(22-2)9-11-16)18-12-7-14-5-3-4-6-17(14)21-18;1-2/h3-13H,1H2,2H3;2H2,1H3/b19-13-;. The van der Waals surface area contributed by atoms with Gasteiger partial charge in [0.25, 0.3) is 0 Å². The second kappa shape index (κ2) is 9.61. The van der Waals surface area contributed by atoms with Crippen molar-refractivity contribution in [1.29, 1.82) is 0 Å². The van der Waals surface area contributed by atoms with Gasteiger partial charge in [0.05, 0.1) is 24.0 Å². The Hall–Kier alpha value is -2.63. The number of hydrogen-bond acceptors (Lipinski definition) is 5. The highest BCUT2D eigenvalue weighted by Crippen LogP contribution is 2.27. The van der Waals surface area contributed by atoms with Crippen molar-refractivity contribution in [2.24, 2.45) is 10.7 Å². The van der Waals surface area contributed by atoms with Gasteiger partial charge in [0, 0.05) is 15.7 Å². The van der Waals surface area contributed by atoms with Gasteiger partial charge in [-0.2, -0.15) is 0 Å². The predicted octanol–water partition coefficient (Wildman–Crippen LogP) is 4.61. The number of aliphatic imine (C=N–C) groups is 1. The Bertz CT molecular complexity index is 860. The molecule has 0 saturated carbocycles. The SMILES string of the molecule is C=N/C(=C\Sc1ccc(OC)cc1)c1ccc2ccccc2n1.CN. The smallest absolute Gasteiger partial charge is 0.118 e. The number of hydrogen-bond donors (Lipinski definition) is 1. The zero-order chi connectivity index (χ0) is 18.1. The van der Waals surface area contributed by atoms with Crippen LogP contribution in [0.25, 0.3) is 16.6 Å². The van der Waals surface area contributed by atoms with Gasteiger partial charge in [-0.25, -0.2) is 4.98 Å². The topological polar surface area (TPSA) is 60.5 Å². The molecule has 0 aliphatic heterocycles. The number of methoxy groups -OCH3 is 1. The molecule has 0 radical (unpaired) electrons. The van der Waals surface area contributed by atoms with Crippen molar-refractivity contribution < 1.29 is 4.74 Å². The van der Waals surface area contributed by atoms with Crippen LogP contribution in [-0.4, -0.2) is 25.9 Å². The van der Waals surface area contributed by atoms with Gasteiger partial charge in [-0.3, -0.25) is 4.99 Å². The third-order valence-corrected chi connectivity index (χ3v) is 4.28. The van der Waals surface area contributed by atoms with Crippen LogP contribution in [0.5, 0.6) is 5.75 Å². The van der Waals surface area contributed by atoms with E-state index in [2.05, 4.69) is 28.5 Å². The minimum absolute atomic E-state index is 0.761. The number of fused-ring (bicyclic) bond motifs is 1. The van der Waals surface area contributed by atoms with Crippen LogP contribution < -0.4 is 10.5 Å². The van der Waals surface area contributed by atoms with Gasteiger partial charge in [0.2, 0.25) is 0 Å². The third kappa shape index (κ3) is 4.92. The second-order valence-electron chi connectivity index (χ2n) is 4.84. The molecule has 0 unspecified atom stereocenters. The van der Waals surface area contributed by atoms with Crippen LogP contribution in [0.15, 0.2) is 76.0 Å². The van der Waals surface area contributed by atoms with Gasteiger partial charge >= 0.3 is 0 Å². The molecule has 0 saturated heterocycles. The molecule has 0 aliphatic rings. The van der Waals surface area contributed by atoms with E-state index in [0.29, 0.717) is 0 Å². The van der Waals surface area contributed by atoms with E-state index in [1.54, 1.807) is 18.9 Å². The van der Waals surface area contributed by atoms with Crippen LogP contribution in [0.1, 0.15) is 5.69 Å². The molecule has 0 bridgehead atoms. The lowest BCUT2D eigenvalue weighted by Gasteiger charge is -2.04. The van der Waals surface area contributed by atoms with E-state index >= 15 is 0 Å². The summed E-state index contributed by atoms with van der Waals surface area (Å²) in [5.74, 6) is 0.844. The Morgan fingerprint density at radius 2 is 1.80 bits per heavy atom. The molecule has 128 valence electrons. The van der Waals surface area contributed by atoms with Crippen molar-refractivity contribution in [2.75, 3.05) is 14.2 Å². The molecule has 2 aromatic carbocycles. The molecule has 0 amide bonds.